The zero-order valence-electron chi connectivity index (χ0n) is 10.6. The molecule has 0 saturated heterocycles. The number of carbonyl (C=O) groups excluding carboxylic acids is 1. The average molecular weight is 312 g/mol. The Labute approximate surface area is 123 Å². The van der Waals surface area contributed by atoms with E-state index in [1.165, 1.54) is 6.08 Å². The molecular weight excluding hydrogens is 292 g/mol. The zero-order chi connectivity index (χ0) is 14.3. The molecule has 0 aromatic rings. The number of hydrogen-bond acceptors (Lipinski definition) is 8. The third-order valence-corrected chi connectivity index (χ3v) is 1.96. The van der Waals surface area contributed by atoms with Gasteiger partial charge in [0.05, 0.1) is 46.2 Å². The van der Waals surface area contributed by atoms with Crippen molar-refractivity contribution in [1.29, 1.82) is 0 Å². The van der Waals surface area contributed by atoms with Gasteiger partial charge in [-0.15, -0.1) is 25.3 Å². The van der Waals surface area contributed by atoms with Crippen molar-refractivity contribution in [2.75, 3.05) is 52.9 Å². The minimum absolute atomic E-state index is 0.0128. The van der Waals surface area contributed by atoms with Crippen molar-refractivity contribution in [2.45, 2.75) is 0 Å². The van der Waals surface area contributed by atoms with E-state index in [9.17, 15) is 4.79 Å². The van der Waals surface area contributed by atoms with Crippen molar-refractivity contribution in [2.24, 2.45) is 0 Å². The lowest BCUT2D eigenvalue weighted by atomic mass is 10.6. The summed E-state index contributed by atoms with van der Waals surface area (Å²) in [5, 5.41) is 8.44. The first kappa shape index (κ1) is 18.8. The molecule has 0 aliphatic carbocycles. The number of esters is 1. The summed E-state index contributed by atoms with van der Waals surface area (Å²) in [4.78, 5) is 11.0. The fourth-order valence-electron chi connectivity index (χ4n) is 0.955. The van der Waals surface area contributed by atoms with Crippen LogP contribution in [0.2, 0.25) is 0 Å². The van der Waals surface area contributed by atoms with Crippen LogP contribution in [-0.4, -0.2) is 63.9 Å². The van der Waals surface area contributed by atoms with E-state index < -0.39 is 5.97 Å². The second kappa shape index (κ2) is 14.2. The third-order valence-electron chi connectivity index (χ3n) is 1.70. The maximum atomic E-state index is 11.0. The van der Waals surface area contributed by atoms with Crippen LogP contribution < -0.4 is 0 Å². The summed E-state index contributed by atoms with van der Waals surface area (Å²) < 4.78 is 20.5. The molecule has 0 radical (unpaired) electrons. The zero-order valence-corrected chi connectivity index (χ0v) is 12.4. The van der Waals surface area contributed by atoms with Crippen LogP contribution in [0.4, 0.5) is 0 Å². The highest BCUT2D eigenvalue weighted by Gasteiger charge is 1.98. The van der Waals surface area contributed by atoms with Crippen LogP contribution >= 0.6 is 25.3 Å². The number of rotatable bonds is 12. The molecule has 0 heterocycles. The molecule has 0 aliphatic rings. The van der Waals surface area contributed by atoms with Crippen LogP contribution in [0.15, 0.2) is 10.3 Å². The molecule has 0 rings (SSSR count). The lowest BCUT2D eigenvalue weighted by Crippen LogP contribution is -2.13. The molecule has 1 N–H and O–H groups in total. The van der Waals surface area contributed by atoms with Crippen molar-refractivity contribution in [1.82, 2.24) is 0 Å². The summed E-state index contributed by atoms with van der Waals surface area (Å²) >= 11 is 7.64. The molecule has 0 aliphatic heterocycles. The van der Waals surface area contributed by atoms with Gasteiger partial charge in [-0.1, -0.05) is 0 Å². The SMILES string of the molecule is O=C(C=C(S)S)OCCOCCOCCOCCO. The maximum absolute atomic E-state index is 11.0. The summed E-state index contributed by atoms with van der Waals surface area (Å²) in [7, 11) is 0. The minimum atomic E-state index is -0.499. The lowest BCUT2D eigenvalue weighted by molar-refractivity contribution is -0.139. The second-order valence-electron chi connectivity index (χ2n) is 3.23. The Hall–Kier alpha value is -0.250. The molecule has 0 aromatic carbocycles. The van der Waals surface area contributed by atoms with E-state index in [4.69, 9.17) is 24.1 Å². The van der Waals surface area contributed by atoms with E-state index >= 15 is 0 Å². The van der Waals surface area contributed by atoms with E-state index in [1.54, 1.807) is 0 Å². The Morgan fingerprint density at radius 1 is 0.895 bits per heavy atom. The normalized spacial score (nSPS) is 10.3. The quantitative estimate of drug-likeness (QED) is 0.208. The monoisotopic (exact) mass is 312 g/mol. The van der Waals surface area contributed by atoms with Crippen LogP contribution in [0, 0.1) is 0 Å². The molecule has 8 heteroatoms. The molecule has 0 spiro atoms. The summed E-state index contributed by atoms with van der Waals surface area (Å²) in [5.41, 5.74) is 0. The fourth-order valence-corrected chi connectivity index (χ4v) is 1.17. The smallest absolute Gasteiger partial charge is 0.332 e. The Morgan fingerprint density at radius 2 is 1.37 bits per heavy atom. The first-order valence-corrected chi connectivity index (χ1v) is 6.66. The highest BCUT2D eigenvalue weighted by atomic mass is 32.2. The molecule has 0 amide bonds. The summed E-state index contributed by atoms with van der Waals surface area (Å²) in [6, 6.07) is 0. The first-order chi connectivity index (χ1) is 9.16. The molecule has 0 atom stereocenters. The van der Waals surface area contributed by atoms with Gasteiger partial charge in [-0.3, -0.25) is 0 Å². The maximum Gasteiger partial charge on any atom is 0.332 e. The largest absolute Gasteiger partial charge is 0.460 e. The van der Waals surface area contributed by atoms with E-state index in [-0.39, 0.29) is 13.2 Å². The molecule has 0 bridgehead atoms. The van der Waals surface area contributed by atoms with Crippen LogP contribution in [0.5, 0.6) is 0 Å². The van der Waals surface area contributed by atoms with Gasteiger partial charge in [0.2, 0.25) is 0 Å². The van der Waals surface area contributed by atoms with Gasteiger partial charge in [0, 0.05) is 10.3 Å². The summed E-state index contributed by atoms with van der Waals surface area (Å²) in [6.45, 7) is 2.56. The Morgan fingerprint density at radius 3 is 1.84 bits per heavy atom. The third kappa shape index (κ3) is 15.7. The number of carbonyl (C=O) groups is 1. The number of aliphatic hydroxyl groups excluding tert-OH is 1. The first-order valence-electron chi connectivity index (χ1n) is 5.77. The van der Waals surface area contributed by atoms with Gasteiger partial charge >= 0.3 is 5.97 Å². The predicted molar refractivity (Wildman–Crippen MR) is 76.6 cm³/mol. The number of thiol groups is 2. The Balaban J connectivity index is 3.15. The van der Waals surface area contributed by atoms with Crippen molar-refractivity contribution in [3.05, 3.63) is 10.3 Å². The van der Waals surface area contributed by atoms with Gasteiger partial charge in [-0.05, 0) is 0 Å². The molecule has 6 nitrogen and oxygen atoms in total. The highest BCUT2D eigenvalue weighted by molar-refractivity contribution is 8.05. The van der Waals surface area contributed by atoms with E-state index in [2.05, 4.69) is 25.3 Å². The topological polar surface area (TPSA) is 74.2 Å². The Kier molecular flexibility index (Phi) is 14.0. The van der Waals surface area contributed by atoms with Crippen LogP contribution in [-0.2, 0) is 23.7 Å². The molecule has 0 fully saturated rings. The molecule has 0 aromatic heterocycles. The van der Waals surface area contributed by atoms with Crippen molar-refractivity contribution in [3.63, 3.8) is 0 Å². The van der Waals surface area contributed by atoms with Crippen molar-refractivity contribution in [3.8, 4) is 0 Å². The molecule has 19 heavy (non-hydrogen) atoms. The summed E-state index contributed by atoms with van der Waals surface area (Å²) in [6.07, 6.45) is 1.17. The number of hydrogen-bond donors (Lipinski definition) is 3. The molecular formula is C11H20O6S2. The molecule has 112 valence electrons. The van der Waals surface area contributed by atoms with E-state index in [1.807, 2.05) is 0 Å². The molecule has 0 saturated carbocycles. The lowest BCUT2D eigenvalue weighted by Gasteiger charge is -2.06. The van der Waals surface area contributed by atoms with Crippen LogP contribution in [0.25, 0.3) is 0 Å². The molecule has 0 unspecified atom stereocenters. The van der Waals surface area contributed by atoms with Gasteiger partial charge in [0.1, 0.15) is 6.61 Å². The minimum Gasteiger partial charge on any atom is -0.460 e. The van der Waals surface area contributed by atoms with Gasteiger partial charge < -0.3 is 24.1 Å². The van der Waals surface area contributed by atoms with Gasteiger partial charge in [-0.2, -0.15) is 0 Å². The number of ether oxygens (including phenoxy) is 4. The van der Waals surface area contributed by atoms with Crippen molar-refractivity contribution >= 4 is 31.2 Å². The van der Waals surface area contributed by atoms with Crippen molar-refractivity contribution < 1.29 is 28.8 Å². The fraction of sp³-hybridized carbons (Fsp3) is 0.727. The van der Waals surface area contributed by atoms with Gasteiger partial charge in [0.25, 0.3) is 0 Å². The number of aliphatic hydroxyl groups is 1. The van der Waals surface area contributed by atoms with E-state index in [0.717, 1.165) is 0 Å². The van der Waals surface area contributed by atoms with Gasteiger partial charge in [0.15, 0.2) is 0 Å². The van der Waals surface area contributed by atoms with Gasteiger partial charge in [-0.25, -0.2) is 4.79 Å². The Bertz CT molecular complexity index is 256. The predicted octanol–water partition coefficient (Wildman–Crippen LogP) is 0.273. The standard InChI is InChI=1S/C11H20O6S2/c12-1-2-14-3-4-15-5-6-16-7-8-17-10(13)9-11(18)19/h9,12,18-19H,1-8H2. The van der Waals surface area contributed by atoms with Crippen LogP contribution in [0.1, 0.15) is 0 Å². The second-order valence-corrected chi connectivity index (χ2v) is 4.55. The summed E-state index contributed by atoms with van der Waals surface area (Å²) in [5.74, 6) is -0.499. The highest BCUT2D eigenvalue weighted by Crippen LogP contribution is 2.04. The van der Waals surface area contributed by atoms with E-state index in [0.29, 0.717) is 43.9 Å². The van der Waals surface area contributed by atoms with Crippen LogP contribution in [0.3, 0.4) is 0 Å². The average Bonchev–Trinajstić information content (AvgIpc) is 2.35.